The summed E-state index contributed by atoms with van der Waals surface area (Å²) in [6.45, 7) is 11.4. The van der Waals surface area contributed by atoms with Gasteiger partial charge in [0, 0.05) is 12.8 Å². The molecule has 0 aliphatic heterocycles. The first-order valence-electron chi connectivity index (χ1n) is 7.68. The first-order valence-corrected chi connectivity index (χ1v) is 7.68. The summed E-state index contributed by atoms with van der Waals surface area (Å²) < 4.78 is 0. The Labute approximate surface area is 124 Å². The summed E-state index contributed by atoms with van der Waals surface area (Å²) >= 11 is 0. The van der Waals surface area contributed by atoms with Gasteiger partial charge in [-0.3, -0.25) is 4.99 Å². The zero-order chi connectivity index (χ0) is 15.1. The van der Waals surface area contributed by atoms with Gasteiger partial charge in [0.2, 0.25) is 0 Å². The van der Waals surface area contributed by atoms with Crippen molar-refractivity contribution in [3.63, 3.8) is 0 Å². The number of aliphatic imine (C=N–C) groups is 1. The third-order valence-electron chi connectivity index (χ3n) is 3.82. The van der Waals surface area contributed by atoms with Crippen molar-refractivity contribution in [3.05, 3.63) is 42.0 Å². The maximum Gasteiger partial charge on any atom is 0.0350 e. The van der Waals surface area contributed by atoms with Crippen LogP contribution in [0.15, 0.2) is 41.4 Å². The average molecular weight is 271 g/mol. The Morgan fingerprint density at radius 3 is 2.10 bits per heavy atom. The van der Waals surface area contributed by atoms with Crippen LogP contribution in [0.3, 0.4) is 0 Å². The second-order valence-corrected chi connectivity index (χ2v) is 6.31. The van der Waals surface area contributed by atoms with Gasteiger partial charge < -0.3 is 0 Å². The first kappa shape index (κ1) is 16.7. The molecule has 0 bridgehead atoms. The van der Waals surface area contributed by atoms with Gasteiger partial charge in [-0.25, -0.2) is 0 Å². The second-order valence-electron chi connectivity index (χ2n) is 6.31. The quantitative estimate of drug-likeness (QED) is 0.608. The predicted molar refractivity (Wildman–Crippen MR) is 91.2 cm³/mol. The number of hydrogen-bond acceptors (Lipinski definition) is 1. The van der Waals surface area contributed by atoms with Crippen molar-refractivity contribution < 1.29 is 0 Å². The van der Waals surface area contributed by atoms with Crippen molar-refractivity contribution >= 4 is 11.3 Å². The summed E-state index contributed by atoms with van der Waals surface area (Å²) in [5.74, 6) is 1.79. The SMILES string of the molecule is CN=C(/C=C(/c1ccccc1)[C@H](C)C(C)C)CC(C)C. The minimum absolute atomic E-state index is 0.529. The van der Waals surface area contributed by atoms with Gasteiger partial charge in [0.15, 0.2) is 0 Å². The molecule has 110 valence electrons. The smallest absolute Gasteiger partial charge is 0.0350 e. The van der Waals surface area contributed by atoms with Crippen LogP contribution in [0.1, 0.15) is 46.6 Å². The van der Waals surface area contributed by atoms with Crippen LogP contribution in [-0.2, 0) is 0 Å². The molecule has 0 aromatic heterocycles. The molecule has 1 heteroatoms. The highest BCUT2D eigenvalue weighted by molar-refractivity contribution is 6.01. The van der Waals surface area contributed by atoms with Crippen molar-refractivity contribution in [2.45, 2.75) is 41.0 Å². The Kier molecular flexibility index (Phi) is 6.70. The van der Waals surface area contributed by atoms with E-state index in [1.54, 1.807) is 0 Å². The summed E-state index contributed by atoms with van der Waals surface area (Å²) in [5.41, 5.74) is 3.92. The van der Waals surface area contributed by atoms with Crippen LogP contribution in [0.4, 0.5) is 0 Å². The minimum atomic E-state index is 0.529. The minimum Gasteiger partial charge on any atom is -0.293 e. The zero-order valence-corrected chi connectivity index (χ0v) is 13.9. The summed E-state index contributed by atoms with van der Waals surface area (Å²) in [6.07, 6.45) is 3.34. The second kappa shape index (κ2) is 8.04. The molecule has 0 N–H and O–H groups in total. The van der Waals surface area contributed by atoms with Crippen molar-refractivity contribution in [1.29, 1.82) is 0 Å². The lowest BCUT2D eigenvalue weighted by atomic mass is 9.84. The number of hydrogen-bond donors (Lipinski definition) is 0. The van der Waals surface area contributed by atoms with Crippen molar-refractivity contribution in [1.82, 2.24) is 0 Å². The van der Waals surface area contributed by atoms with Crippen LogP contribution in [0, 0.1) is 17.8 Å². The Morgan fingerprint density at radius 2 is 1.65 bits per heavy atom. The predicted octanol–water partition coefficient (Wildman–Crippen LogP) is 5.48. The highest BCUT2D eigenvalue weighted by atomic mass is 14.7. The monoisotopic (exact) mass is 271 g/mol. The van der Waals surface area contributed by atoms with E-state index in [9.17, 15) is 0 Å². The Morgan fingerprint density at radius 1 is 1.05 bits per heavy atom. The average Bonchev–Trinajstić information content (AvgIpc) is 2.43. The molecule has 0 aliphatic rings. The van der Waals surface area contributed by atoms with Gasteiger partial charge in [-0.15, -0.1) is 0 Å². The van der Waals surface area contributed by atoms with Crippen molar-refractivity contribution in [2.24, 2.45) is 22.7 Å². The molecule has 0 unspecified atom stereocenters. The lowest BCUT2D eigenvalue weighted by Gasteiger charge is -2.21. The van der Waals surface area contributed by atoms with Crippen LogP contribution in [0.5, 0.6) is 0 Å². The highest BCUT2D eigenvalue weighted by Crippen LogP contribution is 2.29. The van der Waals surface area contributed by atoms with E-state index in [0.717, 1.165) is 6.42 Å². The van der Waals surface area contributed by atoms with Gasteiger partial charge in [-0.1, -0.05) is 65.0 Å². The molecule has 1 aromatic carbocycles. The normalized spacial score (nSPS) is 15.0. The van der Waals surface area contributed by atoms with Crippen LogP contribution >= 0.6 is 0 Å². The fraction of sp³-hybridized carbons (Fsp3) is 0.526. The summed E-state index contributed by atoms with van der Waals surface area (Å²) in [4.78, 5) is 4.48. The summed E-state index contributed by atoms with van der Waals surface area (Å²) in [6, 6.07) is 10.7. The molecular weight excluding hydrogens is 242 g/mol. The molecule has 0 saturated carbocycles. The molecule has 1 aromatic rings. The highest BCUT2D eigenvalue weighted by Gasteiger charge is 2.15. The molecule has 0 fully saturated rings. The molecule has 1 atom stereocenters. The Bertz CT molecular complexity index is 452. The summed E-state index contributed by atoms with van der Waals surface area (Å²) in [5, 5.41) is 0. The zero-order valence-electron chi connectivity index (χ0n) is 13.9. The Balaban J connectivity index is 3.17. The van der Waals surface area contributed by atoms with Gasteiger partial charge >= 0.3 is 0 Å². The van der Waals surface area contributed by atoms with Crippen LogP contribution in [0.25, 0.3) is 5.57 Å². The molecule has 0 spiro atoms. The third kappa shape index (κ3) is 4.96. The molecule has 1 rings (SSSR count). The van der Waals surface area contributed by atoms with Crippen LogP contribution < -0.4 is 0 Å². The molecule has 0 saturated heterocycles. The third-order valence-corrected chi connectivity index (χ3v) is 3.82. The topological polar surface area (TPSA) is 12.4 Å². The van der Waals surface area contributed by atoms with E-state index in [1.807, 2.05) is 7.05 Å². The molecule has 0 heterocycles. The standard InChI is InChI=1S/C19H29N/c1-14(2)12-18(20-6)13-19(16(5)15(3)4)17-10-8-7-9-11-17/h7-11,13-16H,12H2,1-6H3/b19-13+,20-18?/t16-/m1/s1. The summed E-state index contributed by atoms with van der Waals surface area (Å²) in [7, 11) is 1.90. The number of nitrogens with zero attached hydrogens (tertiary/aromatic N) is 1. The van der Waals surface area contributed by atoms with E-state index in [4.69, 9.17) is 0 Å². The van der Waals surface area contributed by atoms with Crippen LogP contribution in [0.2, 0.25) is 0 Å². The van der Waals surface area contributed by atoms with E-state index in [1.165, 1.54) is 16.8 Å². The van der Waals surface area contributed by atoms with Gasteiger partial charge in [0.25, 0.3) is 0 Å². The fourth-order valence-corrected chi connectivity index (χ4v) is 2.28. The van der Waals surface area contributed by atoms with E-state index < -0.39 is 0 Å². The van der Waals surface area contributed by atoms with Gasteiger partial charge in [-0.05, 0) is 41.4 Å². The first-order chi connectivity index (χ1) is 9.45. The molecule has 0 amide bonds. The molecule has 20 heavy (non-hydrogen) atoms. The van der Waals surface area contributed by atoms with Gasteiger partial charge in [0.1, 0.15) is 0 Å². The lowest BCUT2D eigenvalue weighted by Crippen LogP contribution is -2.10. The fourth-order valence-electron chi connectivity index (χ4n) is 2.28. The number of allylic oxidation sites excluding steroid dienone is 2. The number of benzene rings is 1. The Hall–Kier alpha value is -1.37. The van der Waals surface area contributed by atoms with E-state index in [-0.39, 0.29) is 0 Å². The lowest BCUT2D eigenvalue weighted by molar-refractivity contribution is 0.518. The van der Waals surface area contributed by atoms with Gasteiger partial charge in [0.05, 0.1) is 0 Å². The molecule has 0 aliphatic carbocycles. The molecule has 1 nitrogen and oxygen atoms in total. The number of rotatable bonds is 6. The molecule has 0 radical (unpaired) electrons. The van der Waals surface area contributed by atoms with Crippen molar-refractivity contribution in [2.75, 3.05) is 7.05 Å². The van der Waals surface area contributed by atoms with Crippen molar-refractivity contribution in [3.8, 4) is 0 Å². The van der Waals surface area contributed by atoms with Crippen LogP contribution in [-0.4, -0.2) is 12.8 Å². The maximum absolute atomic E-state index is 4.48. The molecular formula is C19H29N. The maximum atomic E-state index is 4.48. The van der Waals surface area contributed by atoms with Gasteiger partial charge in [-0.2, -0.15) is 0 Å². The largest absolute Gasteiger partial charge is 0.293 e. The van der Waals surface area contributed by atoms with E-state index in [2.05, 4.69) is 76.0 Å². The van der Waals surface area contributed by atoms with E-state index in [0.29, 0.717) is 17.8 Å². The van der Waals surface area contributed by atoms with E-state index >= 15 is 0 Å².